The van der Waals surface area contributed by atoms with Crippen LogP contribution < -0.4 is 0 Å². The average molecular weight is 265 g/mol. The summed E-state index contributed by atoms with van der Waals surface area (Å²) in [5.74, 6) is -0.129. The van der Waals surface area contributed by atoms with Gasteiger partial charge in [-0.1, -0.05) is 31.6 Å². The molecule has 3 heteroatoms. The summed E-state index contributed by atoms with van der Waals surface area (Å²) in [6.07, 6.45) is 5.57. The van der Waals surface area contributed by atoms with Gasteiger partial charge in [0.25, 0.3) is 0 Å². The second kappa shape index (κ2) is 4.71. The molecule has 1 heterocycles. The van der Waals surface area contributed by atoms with Gasteiger partial charge in [-0.3, -0.25) is 0 Å². The monoisotopic (exact) mass is 266 g/mol. The van der Waals surface area contributed by atoms with Crippen LogP contribution in [0.1, 0.15) is 20.8 Å². The van der Waals surface area contributed by atoms with Gasteiger partial charge in [-0.25, -0.2) is 0 Å². The maximum Gasteiger partial charge on any atom is 1.00 e. The van der Waals surface area contributed by atoms with Gasteiger partial charge in [0.05, 0.1) is 5.91 Å². The summed E-state index contributed by atoms with van der Waals surface area (Å²) in [7, 11) is 0. The SMILES string of the molecule is CC1=CC(C)(C)/C=C\C(=O)[N-]C1.[Ru+]. The van der Waals surface area contributed by atoms with Crippen molar-refractivity contribution in [1.29, 1.82) is 0 Å². The quantitative estimate of drug-likeness (QED) is 0.489. The van der Waals surface area contributed by atoms with Crippen LogP contribution in [0.3, 0.4) is 0 Å². The predicted molar refractivity (Wildman–Crippen MR) is 49.9 cm³/mol. The molecule has 0 unspecified atom stereocenters. The van der Waals surface area contributed by atoms with Gasteiger partial charge in [-0.15, -0.1) is 6.54 Å². The molecule has 0 atom stereocenters. The van der Waals surface area contributed by atoms with E-state index in [1.54, 1.807) is 6.08 Å². The number of amides is 1. The van der Waals surface area contributed by atoms with Crippen molar-refractivity contribution in [3.05, 3.63) is 29.1 Å². The summed E-state index contributed by atoms with van der Waals surface area (Å²) in [5, 5.41) is 3.84. The summed E-state index contributed by atoms with van der Waals surface area (Å²) >= 11 is 0. The van der Waals surface area contributed by atoms with E-state index in [9.17, 15) is 4.79 Å². The van der Waals surface area contributed by atoms with E-state index in [1.165, 1.54) is 0 Å². The van der Waals surface area contributed by atoms with Crippen molar-refractivity contribution in [3.63, 3.8) is 0 Å². The molecular weight excluding hydrogens is 251 g/mol. The fourth-order valence-corrected chi connectivity index (χ4v) is 1.27. The van der Waals surface area contributed by atoms with Crippen LogP contribution in [0.2, 0.25) is 0 Å². The van der Waals surface area contributed by atoms with Crippen LogP contribution in [-0.4, -0.2) is 12.5 Å². The summed E-state index contributed by atoms with van der Waals surface area (Å²) < 4.78 is 0. The van der Waals surface area contributed by atoms with Crippen LogP contribution in [0.5, 0.6) is 0 Å². The molecular formula is C10H14NORu. The molecule has 0 saturated heterocycles. The van der Waals surface area contributed by atoms with Crippen LogP contribution in [-0.2, 0) is 24.3 Å². The molecule has 0 aromatic carbocycles. The molecule has 0 aliphatic carbocycles. The van der Waals surface area contributed by atoms with Crippen LogP contribution in [0.15, 0.2) is 23.8 Å². The van der Waals surface area contributed by atoms with E-state index >= 15 is 0 Å². The molecule has 13 heavy (non-hydrogen) atoms. The Balaban J connectivity index is 0.00000144. The van der Waals surface area contributed by atoms with Crippen molar-refractivity contribution in [2.75, 3.05) is 6.54 Å². The Morgan fingerprint density at radius 3 is 2.69 bits per heavy atom. The maximum absolute atomic E-state index is 11.0. The van der Waals surface area contributed by atoms with Crippen LogP contribution in [0.4, 0.5) is 0 Å². The standard InChI is InChI=1S/C10H15NO.Ru/c1-8-6-10(2,3)5-4-9(12)11-7-8;/h4-6H,7H2,1-3H3,(H,11,12);/q;+1/p-1/b5-4-,8-6?;. The van der Waals surface area contributed by atoms with E-state index in [2.05, 4.69) is 25.2 Å². The normalized spacial score (nSPS) is 23.0. The van der Waals surface area contributed by atoms with E-state index in [1.807, 2.05) is 13.0 Å². The van der Waals surface area contributed by atoms with Gasteiger partial charge in [0.2, 0.25) is 0 Å². The van der Waals surface area contributed by atoms with Crippen LogP contribution in [0, 0.1) is 5.41 Å². The van der Waals surface area contributed by atoms with Crippen molar-refractivity contribution in [2.45, 2.75) is 20.8 Å². The molecule has 0 saturated carbocycles. The molecule has 73 valence electrons. The Kier molecular flexibility index (Phi) is 4.56. The number of hydrogen-bond donors (Lipinski definition) is 0. The molecule has 0 spiro atoms. The Morgan fingerprint density at radius 1 is 1.46 bits per heavy atom. The first-order chi connectivity index (χ1) is 5.49. The van der Waals surface area contributed by atoms with Gasteiger partial charge in [0.15, 0.2) is 0 Å². The summed E-state index contributed by atoms with van der Waals surface area (Å²) in [6, 6.07) is 0. The average Bonchev–Trinajstić information content (AvgIpc) is 1.95. The molecule has 1 amide bonds. The van der Waals surface area contributed by atoms with E-state index in [-0.39, 0.29) is 30.8 Å². The predicted octanol–water partition coefficient (Wildman–Crippen LogP) is 2.43. The maximum atomic E-state index is 11.0. The first-order valence-corrected chi connectivity index (χ1v) is 4.09. The number of allylic oxidation sites excluding steroid dienone is 2. The fraction of sp³-hybridized carbons (Fsp3) is 0.500. The van der Waals surface area contributed by atoms with Crippen molar-refractivity contribution >= 4 is 5.91 Å². The van der Waals surface area contributed by atoms with E-state index < -0.39 is 0 Å². The molecule has 0 bridgehead atoms. The third kappa shape index (κ3) is 4.37. The number of rotatable bonds is 0. The van der Waals surface area contributed by atoms with E-state index in [0.717, 1.165) is 5.57 Å². The molecule has 0 aromatic heterocycles. The van der Waals surface area contributed by atoms with Crippen molar-refractivity contribution < 1.29 is 24.3 Å². The minimum atomic E-state index is -0.129. The zero-order valence-electron chi connectivity index (χ0n) is 8.15. The number of carbonyl (C=O) groups is 1. The Bertz CT molecular complexity index is 254. The Morgan fingerprint density at radius 2 is 2.08 bits per heavy atom. The molecule has 0 aromatic rings. The second-order valence-corrected chi connectivity index (χ2v) is 3.80. The number of carbonyl (C=O) groups excluding carboxylic acids is 1. The first kappa shape index (κ1) is 12.6. The summed E-state index contributed by atoms with van der Waals surface area (Å²) in [6.45, 7) is 6.68. The molecule has 0 N–H and O–H groups in total. The summed E-state index contributed by atoms with van der Waals surface area (Å²) in [4.78, 5) is 11.0. The Labute approximate surface area is 92.2 Å². The molecule has 2 nitrogen and oxygen atoms in total. The minimum absolute atomic E-state index is 0. The van der Waals surface area contributed by atoms with E-state index in [0.29, 0.717) is 6.54 Å². The minimum Gasteiger partial charge on any atom is -0.646 e. The van der Waals surface area contributed by atoms with Gasteiger partial charge in [0, 0.05) is 5.41 Å². The first-order valence-electron chi connectivity index (χ1n) is 4.09. The van der Waals surface area contributed by atoms with Crippen molar-refractivity contribution in [1.82, 2.24) is 0 Å². The molecule has 1 radical (unpaired) electrons. The zero-order chi connectivity index (χ0) is 9.19. The largest absolute Gasteiger partial charge is 1.00 e. The summed E-state index contributed by atoms with van der Waals surface area (Å²) in [5.41, 5.74) is 1.13. The van der Waals surface area contributed by atoms with Gasteiger partial charge < -0.3 is 10.1 Å². The topological polar surface area (TPSA) is 31.2 Å². The molecule has 1 rings (SSSR count). The van der Waals surface area contributed by atoms with Crippen LogP contribution in [0.25, 0.3) is 5.32 Å². The third-order valence-electron chi connectivity index (χ3n) is 1.76. The van der Waals surface area contributed by atoms with Crippen LogP contribution >= 0.6 is 0 Å². The van der Waals surface area contributed by atoms with Gasteiger partial charge in [0.1, 0.15) is 0 Å². The van der Waals surface area contributed by atoms with Gasteiger partial charge in [-0.05, 0) is 13.0 Å². The van der Waals surface area contributed by atoms with Crippen molar-refractivity contribution in [2.24, 2.45) is 5.41 Å². The molecule has 1 aliphatic heterocycles. The molecule has 0 fully saturated rings. The molecule has 1 aliphatic rings. The third-order valence-corrected chi connectivity index (χ3v) is 1.76. The van der Waals surface area contributed by atoms with Gasteiger partial charge in [-0.2, -0.15) is 0 Å². The Hall–Kier alpha value is -0.427. The smallest absolute Gasteiger partial charge is 0.646 e. The van der Waals surface area contributed by atoms with Crippen molar-refractivity contribution in [3.8, 4) is 0 Å². The number of hydrogen-bond acceptors (Lipinski definition) is 1. The van der Waals surface area contributed by atoms with E-state index in [4.69, 9.17) is 0 Å². The second-order valence-electron chi connectivity index (χ2n) is 3.80. The zero-order valence-corrected chi connectivity index (χ0v) is 9.89. The number of nitrogens with zero attached hydrogens (tertiary/aromatic N) is 1. The fourth-order valence-electron chi connectivity index (χ4n) is 1.27. The van der Waals surface area contributed by atoms with Gasteiger partial charge >= 0.3 is 19.5 Å².